The third-order valence-corrected chi connectivity index (χ3v) is 3.27. The van der Waals surface area contributed by atoms with Gasteiger partial charge in [0.25, 0.3) is 0 Å². The summed E-state index contributed by atoms with van der Waals surface area (Å²) in [7, 11) is 0. The van der Waals surface area contributed by atoms with E-state index in [4.69, 9.17) is 4.74 Å². The fraction of sp³-hybridized carbons (Fsp3) is 0.846. The van der Waals surface area contributed by atoms with E-state index < -0.39 is 0 Å². The van der Waals surface area contributed by atoms with Crippen LogP contribution in [0.25, 0.3) is 0 Å². The lowest BCUT2D eigenvalue weighted by Gasteiger charge is -2.16. The van der Waals surface area contributed by atoms with Crippen LogP contribution in [0.15, 0.2) is 11.6 Å². The van der Waals surface area contributed by atoms with Gasteiger partial charge in [-0.2, -0.15) is 0 Å². The molecule has 0 aromatic heterocycles. The minimum absolute atomic E-state index is 0.821. The fourth-order valence-corrected chi connectivity index (χ4v) is 1.92. The zero-order chi connectivity index (χ0) is 10.9. The number of ether oxygens (including phenoxy) is 1. The maximum absolute atomic E-state index is 5.28. The highest BCUT2D eigenvalue weighted by Crippen LogP contribution is 2.11. The molecule has 0 saturated heterocycles. The summed E-state index contributed by atoms with van der Waals surface area (Å²) in [6.45, 7) is 8.59. The Morgan fingerprint density at radius 2 is 2.20 bits per heavy atom. The SMILES string of the molecule is CCC(CC)CNCCC1=CCOCC1. The Kier molecular flexibility index (Phi) is 6.69. The third-order valence-electron chi connectivity index (χ3n) is 3.27. The summed E-state index contributed by atoms with van der Waals surface area (Å²) < 4.78 is 5.28. The molecule has 0 atom stereocenters. The molecule has 0 radical (unpaired) electrons. The predicted octanol–water partition coefficient (Wildman–Crippen LogP) is 2.75. The molecule has 0 fully saturated rings. The van der Waals surface area contributed by atoms with Gasteiger partial charge in [-0.1, -0.05) is 38.3 Å². The van der Waals surface area contributed by atoms with Gasteiger partial charge in [0, 0.05) is 0 Å². The van der Waals surface area contributed by atoms with Crippen LogP contribution in [-0.2, 0) is 4.74 Å². The lowest BCUT2D eigenvalue weighted by atomic mass is 10.0. The Bertz CT molecular complexity index is 185. The van der Waals surface area contributed by atoms with E-state index in [9.17, 15) is 0 Å². The monoisotopic (exact) mass is 211 g/mol. The Hall–Kier alpha value is -0.340. The first-order valence-electron chi connectivity index (χ1n) is 6.33. The van der Waals surface area contributed by atoms with Crippen LogP contribution in [-0.4, -0.2) is 26.3 Å². The average Bonchev–Trinajstić information content (AvgIpc) is 2.31. The van der Waals surface area contributed by atoms with E-state index in [0.29, 0.717) is 0 Å². The van der Waals surface area contributed by atoms with Crippen LogP contribution >= 0.6 is 0 Å². The van der Waals surface area contributed by atoms with Gasteiger partial charge >= 0.3 is 0 Å². The normalized spacial score (nSPS) is 16.9. The minimum Gasteiger partial charge on any atom is -0.377 e. The highest BCUT2D eigenvalue weighted by atomic mass is 16.5. The predicted molar refractivity (Wildman–Crippen MR) is 65.1 cm³/mol. The standard InChI is InChI=1S/C13H25NO/c1-3-12(4-2)11-14-8-5-13-6-9-15-10-7-13/h6,12,14H,3-5,7-11H2,1-2H3. The minimum atomic E-state index is 0.821. The zero-order valence-electron chi connectivity index (χ0n) is 10.2. The second-order valence-electron chi connectivity index (χ2n) is 4.32. The van der Waals surface area contributed by atoms with Gasteiger partial charge in [-0.05, 0) is 31.8 Å². The van der Waals surface area contributed by atoms with Crippen molar-refractivity contribution < 1.29 is 4.74 Å². The van der Waals surface area contributed by atoms with Crippen LogP contribution < -0.4 is 5.32 Å². The number of hydrogen-bond acceptors (Lipinski definition) is 2. The molecule has 0 aliphatic carbocycles. The van der Waals surface area contributed by atoms with E-state index in [1.54, 1.807) is 5.57 Å². The van der Waals surface area contributed by atoms with E-state index in [-0.39, 0.29) is 0 Å². The van der Waals surface area contributed by atoms with Crippen LogP contribution in [0, 0.1) is 5.92 Å². The summed E-state index contributed by atoms with van der Waals surface area (Å²) in [5.41, 5.74) is 1.57. The van der Waals surface area contributed by atoms with Gasteiger partial charge in [-0.15, -0.1) is 0 Å². The molecule has 88 valence electrons. The van der Waals surface area contributed by atoms with Crippen molar-refractivity contribution in [3.8, 4) is 0 Å². The summed E-state index contributed by atoms with van der Waals surface area (Å²) in [5, 5.41) is 3.55. The van der Waals surface area contributed by atoms with E-state index in [1.807, 2.05) is 0 Å². The summed E-state index contributed by atoms with van der Waals surface area (Å²) in [4.78, 5) is 0. The molecule has 0 aromatic carbocycles. The van der Waals surface area contributed by atoms with Gasteiger partial charge in [0.2, 0.25) is 0 Å². The fourth-order valence-electron chi connectivity index (χ4n) is 1.92. The van der Waals surface area contributed by atoms with Crippen LogP contribution in [0.3, 0.4) is 0 Å². The lowest BCUT2D eigenvalue weighted by Crippen LogP contribution is -2.23. The Balaban J connectivity index is 2.03. The molecule has 1 heterocycles. The van der Waals surface area contributed by atoms with Gasteiger partial charge in [0.1, 0.15) is 0 Å². The molecule has 1 N–H and O–H groups in total. The van der Waals surface area contributed by atoms with Gasteiger partial charge in [0.05, 0.1) is 13.2 Å². The first-order chi connectivity index (χ1) is 7.36. The molecular formula is C13H25NO. The molecule has 2 nitrogen and oxygen atoms in total. The molecule has 0 unspecified atom stereocenters. The van der Waals surface area contributed by atoms with E-state index in [1.165, 1.54) is 25.8 Å². The van der Waals surface area contributed by atoms with E-state index >= 15 is 0 Å². The largest absolute Gasteiger partial charge is 0.377 e. The van der Waals surface area contributed by atoms with Crippen molar-refractivity contribution in [1.82, 2.24) is 5.32 Å². The molecule has 0 aromatic rings. The van der Waals surface area contributed by atoms with Gasteiger partial charge < -0.3 is 10.1 Å². The zero-order valence-corrected chi connectivity index (χ0v) is 10.2. The summed E-state index contributed by atoms with van der Waals surface area (Å²) >= 11 is 0. The first-order valence-corrected chi connectivity index (χ1v) is 6.33. The topological polar surface area (TPSA) is 21.3 Å². The van der Waals surface area contributed by atoms with Crippen molar-refractivity contribution in [2.45, 2.75) is 39.5 Å². The quantitative estimate of drug-likeness (QED) is 0.516. The molecule has 0 saturated carbocycles. The van der Waals surface area contributed by atoms with Gasteiger partial charge in [0.15, 0.2) is 0 Å². The highest BCUT2D eigenvalue weighted by molar-refractivity contribution is 5.04. The average molecular weight is 211 g/mol. The summed E-state index contributed by atoms with van der Waals surface area (Å²) in [6.07, 6.45) is 7.15. The Morgan fingerprint density at radius 1 is 1.40 bits per heavy atom. The maximum atomic E-state index is 5.28. The molecule has 1 rings (SSSR count). The summed E-state index contributed by atoms with van der Waals surface area (Å²) in [5.74, 6) is 0.855. The van der Waals surface area contributed by atoms with Crippen LogP contribution in [0.1, 0.15) is 39.5 Å². The number of rotatable bonds is 7. The molecular weight excluding hydrogens is 186 g/mol. The van der Waals surface area contributed by atoms with Gasteiger partial charge in [-0.3, -0.25) is 0 Å². The van der Waals surface area contributed by atoms with Crippen molar-refractivity contribution in [2.24, 2.45) is 5.92 Å². The Labute approximate surface area is 94.1 Å². The number of hydrogen-bond donors (Lipinski definition) is 1. The maximum Gasteiger partial charge on any atom is 0.0650 e. The van der Waals surface area contributed by atoms with Crippen molar-refractivity contribution in [2.75, 3.05) is 26.3 Å². The van der Waals surface area contributed by atoms with E-state index in [0.717, 1.165) is 32.1 Å². The first kappa shape index (κ1) is 12.7. The smallest absolute Gasteiger partial charge is 0.0650 e. The van der Waals surface area contributed by atoms with Crippen LogP contribution in [0.4, 0.5) is 0 Å². The lowest BCUT2D eigenvalue weighted by molar-refractivity contribution is 0.153. The molecule has 0 spiro atoms. The highest BCUT2D eigenvalue weighted by Gasteiger charge is 2.04. The second-order valence-corrected chi connectivity index (χ2v) is 4.32. The summed E-state index contributed by atoms with van der Waals surface area (Å²) in [6, 6.07) is 0. The molecule has 0 amide bonds. The molecule has 15 heavy (non-hydrogen) atoms. The molecule has 1 aliphatic heterocycles. The van der Waals surface area contributed by atoms with Crippen LogP contribution in [0.5, 0.6) is 0 Å². The van der Waals surface area contributed by atoms with Crippen molar-refractivity contribution in [1.29, 1.82) is 0 Å². The second kappa shape index (κ2) is 7.89. The van der Waals surface area contributed by atoms with E-state index in [2.05, 4.69) is 25.2 Å². The van der Waals surface area contributed by atoms with Crippen molar-refractivity contribution >= 4 is 0 Å². The molecule has 2 heteroatoms. The number of nitrogens with one attached hydrogen (secondary N) is 1. The third kappa shape index (κ3) is 5.33. The Morgan fingerprint density at radius 3 is 2.80 bits per heavy atom. The van der Waals surface area contributed by atoms with Crippen molar-refractivity contribution in [3.05, 3.63) is 11.6 Å². The molecule has 1 aliphatic rings. The molecule has 0 bridgehead atoms. The van der Waals surface area contributed by atoms with Crippen molar-refractivity contribution in [3.63, 3.8) is 0 Å². The van der Waals surface area contributed by atoms with Gasteiger partial charge in [-0.25, -0.2) is 0 Å². The van der Waals surface area contributed by atoms with Crippen LogP contribution in [0.2, 0.25) is 0 Å².